The maximum atomic E-state index is 11.8. The van der Waals surface area contributed by atoms with Gasteiger partial charge in [0.05, 0.1) is 24.6 Å². The Hall–Kier alpha value is -1.58. The van der Waals surface area contributed by atoms with Crippen molar-refractivity contribution >= 4 is 16.0 Å². The lowest BCUT2D eigenvalue weighted by Gasteiger charge is -2.32. The number of sulfonamides is 1. The summed E-state index contributed by atoms with van der Waals surface area (Å²) in [5.74, 6) is 1.84. The largest absolute Gasteiger partial charge is 0.468 e. The summed E-state index contributed by atoms with van der Waals surface area (Å²) in [6.45, 7) is 8.38. The molecule has 0 aliphatic carbocycles. The van der Waals surface area contributed by atoms with Crippen molar-refractivity contribution in [3.63, 3.8) is 0 Å². The SMILES string of the molecule is CCNC(=NCC(c1ccco1)N1CCCCC1)NCCCN(C)S(=O)(=O)CC. The van der Waals surface area contributed by atoms with E-state index in [0.29, 0.717) is 26.1 Å². The van der Waals surface area contributed by atoms with Gasteiger partial charge < -0.3 is 15.1 Å². The molecule has 8 nitrogen and oxygen atoms in total. The number of aliphatic imine (C=N–C) groups is 1. The molecule has 2 rings (SSSR count). The Morgan fingerprint density at radius 1 is 1.28 bits per heavy atom. The summed E-state index contributed by atoms with van der Waals surface area (Å²) in [4.78, 5) is 7.25. The molecule has 0 saturated carbocycles. The fraction of sp³-hybridized carbons (Fsp3) is 0.750. The van der Waals surface area contributed by atoms with Gasteiger partial charge in [0.25, 0.3) is 0 Å². The van der Waals surface area contributed by atoms with E-state index in [1.165, 1.54) is 23.6 Å². The standard InChI is InChI=1S/C20H37N5O3S/c1-4-21-20(22-12-10-13-24(3)29(26,27)5-2)23-17-18(19-11-9-16-28-19)25-14-7-6-8-15-25/h9,11,16,18H,4-8,10,12-15,17H2,1-3H3,(H2,21,22,23). The zero-order valence-corrected chi connectivity index (χ0v) is 18.9. The van der Waals surface area contributed by atoms with Crippen molar-refractivity contribution < 1.29 is 12.8 Å². The quantitative estimate of drug-likeness (QED) is 0.319. The minimum absolute atomic E-state index is 0.131. The predicted molar refractivity (Wildman–Crippen MR) is 118 cm³/mol. The summed E-state index contributed by atoms with van der Waals surface area (Å²) >= 11 is 0. The first-order valence-corrected chi connectivity index (χ1v) is 12.3. The van der Waals surface area contributed by atoms with Crippen LogP contribution in [0.3, 0.4) is 0 Å². The lowest BCUT2D eigenvalue weighted by atomic mass is 10.1. The van der Waals surface area contributed by atoms with Crippen LogP contribution in [0.5, 0.6) is 0 Å². The minimum Gasteiger partial charge on any atom is -0.468 e. The Balaban J connectivity index is 1.91. The number of rotatable bonds is 11. The molecular formula is C20H37N5O3S. The van der Waals surface area contributed by atoms with Crippen molar-refractivity contribution in [1.29, 1.82) is 0 Å². The number of nitrogens with one attached hydrogen (secondary N) is 2. The molecule has 1 saturated heterocycles. The summed E-state index contributed by atoms with van der Waals surface area (Å²) in [6.07, 6.45) is 6.16. The van der Waals surface area contributed by atoms with Crippen LogP contribution in [0.4, 0.5) is 0 Å². The van der Waals surface area contributed by atoms with Gasteiger partial charge in [0.15, 0.2) is 5.96 Å². The first-order chi connectivity index (χ1) is 14.0. The van der Waals surface area contributed by atoms with E-state index in [4.69, 9.17) is 9.41 Å². The number of likely N-dealkylation sites (tertiary alicyclic amines) is 1. The highest BCUT2D eigenvalue weighted by Crippen LogP contribution is 2.25. The molecule has 0 spiro atoms. The molecule has 9 heteroatoms. The summed E-state index contributed by atoms with van der Waals surface area (Å²) in [6, 6.07) is 4.10. The van der Waals surface area contributed by atoms with Gasteiger partial charge >= 0.3 is 0 Å². The molecule has 166 valence electrons. The van der Waals surface area contributed by atoms with Crippen molar-refractivity contribution in [2.45, 2.75) is 45.6 Å². The van der Waals surface area contributed by atoms with Crippen LogP contribution in [0.1, 0.15) is 51.3 Å². The molecule has 1 aromatic heterocycles. The molecule has 2 N–H and O–H groups in total. The summed E-state index contributed by atoms with van der Waals surface area (Å²) < 4.78 is 30.8. The topological polar surface area (TPSA) is 90.2 Å². The Bertz CT molecular complexity index is 700. The normalized spacial score (nSPS) is 17.4. The van der Waals surface area contributed by atoms with Gasteiger partial charge in [-0.1, -0.05) is 6.42 Å². The Morgan fingerprint density at radius 3 is 2.66 bits per heavy atom. The van der Waals surface area contributed by atoms with E-state index < -0.39 is 10.0 Å². The molecule has 0 radical (unpaired) electrons. The number of guanidine groups is 1. The third-order valence-corrected chi connectivity index (χ3v) is 7.11. The molecule has 0 bridgehead atoms. The van der Waals surface area contributed by atoms with Crippen molar-refractivity contribution in [3.8, 4) is 0 Å². The minimum atomic E-state index is -3.12. The molecule has 1 aliphatic heterocycles. The first kappa shape index (κ1) is 23.7. The highest BCUT2D eigenvalue weighted by atomic mass is 32.2. The Kier molecular flexibility index (Phi) is 9.96. The Labute approximate surface area is 175 Å². The van der Waals surface area contributed by atoms with Gasteiger partial charge in [0.1, 0.15) is 5.76 Å². The van der Waals surface area contributed by atoms with Gasteiger partial charge in [-0.05, 0) is 58.3 Å². The van der Waals surface area contributed by atoms with Gasteiger partial charge in [0.2, 0.25) is 10.0 Å². The van der Waals surface area contributed by atoms with E-state index in [1.54, 1.807) is 20.2 Å². The third-order valence-electron chi connectivity index (χ3n) is 5.25. The molecule has 29 heavy (non-hydrogen) atoms. The van der Waals surface area contributed by atoms with Crippen LogP contribution >= 0.6 is 0 Å². The highest BCUT2D eigenvalue weighted by molar-refractivity contribution is 7.89. The van der Waals surface area contributed by atoms with Gasteiger partial charge in [-0.2, -0.15) is 0 Å². The monoisotopic (exact) mass is 427 g/mol. The number of hydrogen-bond donors (Lipinski definition) is 2. The van der Waals surface area contributed by atoms with E-state index in [1.807, 2.05) is 19.1 Å². The smallest absolute Gasteiger partial charge is 0.213 e. The zero-order chi connectivity index (χ0) is 21.1. The molecule has 0 amide bonds. The van der Waals surface area contributed by atoms with Crippen molar-refractivity contribution in [2.24, 2.45) is 4.99 Å². The molecule has 1 aliphatic rings. The molecule has 1 atom stereocenters. The Morgan fingerprint density at radius 2 is 2.03 bits per heavy atom. The molecule has 1 unspecified atom stereocenters. The second kappa shape index (κ2) is 12.2. The summed E-state index contributed by atoms with van der Waals surface area (Å²) in [5.41, 5.74) is 0. The molecular weight excluding hydrogens is 390 g/mol. The third kappa shape index (κ3) is 7.64. The maximum absolute atomic E-state index is 11.8. The molecule has 2 heterocycles. The fourth-order valence-corrected chi connectivity index (χ4v) is 4.33. The maximum Gasteiger partial charge on any atom is 0.213 e. The second-order valence-corrected chi connectivity index (χ2v) is 9.71. The van der Waals surface area contributed by atoms with E-state index in [2.05, 4.69) is 15.5 Å². The van der Waals surface area contributed by atoms with Crippen molar-refractivity contribution in [3.05, 3.63) is 24.2 Å². The number of hydrogen-bond acceptors (Lipinski definition) is 5. The van der Waals surface area contributed by atoms with Crippen LogP contribution in [-0.4, -0.2) is 75.7 Å². The molecule has 1 aromatic rings. The number of piperidine rings is 1. The lowest BCUT2D eigenvalue weighted by Crippen LogP contribution is -2.40. The first-order valence-electron chi connectivity index (χ1n) is 10.7. The highest BCUT2D eigenvalue weighted by Gasteiger charge is 2.24. The predicted octanol–water partition coefficient (Wildman–Crippen LogP) is 2.03. The van der Waals surface area contributed by atoms with Crippen LogP contribution in [0.15, 0.2) is 27.8 Å². The summed E-state index contributed by atoms with van der Waals surface area (Å²) in [7, 11) is -1.49. The van der Waals surface area contributed by atoms with Crippen molar-refractivity contribution in [1.82, 2.24) is 19.8 Å². The lowest BCUT2D eigenvalue weighted by molar-refractivity contribution is 0.150. The van der Waals surface area contributed by atoms with Gasteiger partial charge in [0, 0.05) is 26.7 Å². The zero-order valence-electron chi connectivity index (χ0n) is 18.1. The number of furan rings is 1. The van der Waals surface area contributed by atoms with Crippen LogP contribution in [-0.2, 0) is 10.0 Å². The van der Waals surface area contributed by atoms with Crippen LogP contribution in [0.2, 0.25) is 0 Å². The average molecular weight is 428 g/mol. The van der Waals surface area contributed by atoms with E-state index in [-0.39, 0.29) is 11.8 Å². The van der Waals surface area contributed by atoms with E-state index in [0.717, 1.165) is 31.4 Å². The molecule has 1 fully saturated rings. The molecule has 0 aromatic carbocycles. The van der Waals surface area contributed by atoms with Crippen LogP contribution in [0.25, 0.3) is 0 Å². The van der Waals surface area contributed by atoms with Crippen LogP contribution < -0.4 is 10.6 Å². The van der Waals surface area contributed by atoms with E-state index >= 15 is 0 Å². The number of nitrogens with zero attached hydrogens (tertiary/aromatic N) is 3. The van der Waals surface area contributed by atoms with Crippen LogP contribution in [0, 0.1) is 0 Å². The average Bonchev–Trinajstić information content (AvgIpc) is 3.26. The van der Waals surface area contributed by atoms with E-state index in [9.17, 15) is 8.42 Å². The van der Waals surface area contributed by atoms with Gasteiger partial charge in [-0.25, -0.2) is 12.7 Å². The van der Waals surface area contributed by atoms with Gasteiger partial charge in [-0.3, -0.25) is 9.89 Å². The summed E-state index contributed by atoms with van der Waals surface area (Å²) in [5, 5.41) is 6.59. The van der Waals surface area contributed by atoms with Gasteiger partial charge in [-0.15, -0.1) is 0 Å². The second-order valence-electron chi connectivity index (χ2n) is 7.35. The fourth-order valence-electron chi connectivity index (χ4n) is 3.48. The van der Waals surface area contributed by atoms with Crippen molar-refractivity contribution in [2.75, 3.05) is 52.1 Å².